The van der Waals surface area contributed by atoms with Crippen molar-refractivity contribution in [3.8, 4) is 5.69 Å². The number of nitrogens with zero attached hydrogens (tertiary/aromatic N) is 4. The highest BCUT2D eigenvalue weighted by atomic mass is 16.5. The maximum Gasteiger partial charge on any atom is 0.170 e. The first-order chi connectivity index (χ1) is 8.36. The van der Waals surface area contributed by atoms with Gasteiger partial charge in [-0.2, -0.15) is 4.68 Å². The molecule has 1 heterocycles. The smallest absolute Gasteiger partial charge is 0.170 e. The first-order valence-corrected chi connectivity index (χ1v) is 5.36. The first kappa shape index (κ1) is 11.7. The average Bonchev–Trinajstić information content (AvgIpc) is 2.79. The fraction of sp³-hybridized carbons (Fsp3) is 0.364. The molecule has 17 heavy (non-hydrogen) atoms. The molecule has 0 fully saturated rings. The summed E-state index contributed by atoms with van der Waals surface area (Å²) < 4.78 is 6.90. The predicted octanol–water partition coefficient (Wildman–Crippen LogP) is 0.528. The Balaban J connectivity index is 2.41. The van der Waals surface area contributed by atoms with E-state index in [0.717, 1.165) is 17.1 Å². The normalized spacial score (nSPS) is 10.7. The molecule has 0 spiro atoms. The number of benzene rings is 1. The molecule has 0 radical (unpaired) electrons. The van der Waals surface area contributed by atoms with Gasteiger partial charge in [0.25, 0.3) is 0 Å². The number of tetrazole rings is 1. The van der Waals surface area contributed by atoms with Crippen molar-refractivity contribution in [2.24, 2.45) is 0 Å². The van der Waals surface area contributed by atoms with Gasteiger partial charge in [0, 0.05) is 12.7 Å². The Morgan fingerprint density at radius 2 is 2.18 bits per heavy atom. The van der Waals surface area contributed by atoms with Crippen molar-refractivity contribution in [3.63, 3.8) is 0 Å². The van der Waals surface area contributed by atoms with E-state index in [2.05, 4.69) is 20.8 Å². The molecule has 0 amide bonds. The second-order valence-electron chi connectivity index (χ2n) is 3.60. The highest BCUT2D eigenvalue weighted by molar-refractivity contribution is 5.40. The summed E-state index contributed by atoms with van der Waals surface area (Å²) in [5, 5.41) is 14.7. The number of rotatable bonds is 5. The number of hydrogen-bond acceptors (Lipinski definition) is 5. The molecule has 0 saturated heterocycles. The van der Waals surface area contributed by atoms with E-state index in [1.54, 1.807) is 11.8 Å². The lowest BCUT2D eigenvalue weighted by atomic mass is 10.2. The number of ether oxygens (including phenoxy) is 1. The van der Waals surface area contributed by atoms with Crippen molar-refractivity contribution in [1.82, 2.24) is 25.5 Å². The van der Waals surface area contributed by atoms with E-state index in [9.17, 15) is 0 Å². The molecule has 0 aliphatic carbocycles. The summed E-state index contributed by atoms with van der Waals surface area (Å²) in [6, 6.07) is 7.91. The average molecular weight is 233 g/mol. The van der Waals surface area contributed by atoms with E-state index in [1.807, 2.05) is 31.3 Å². The van der Waals surface area contributed by atoms with Crippen LogP contribution in [0, 0.1) is 0 Å². The van der Waals surface area contributed by atoms with Crippen molar-refractivity contribution in [2.75, 3.05) is 14.2 Å². The van der Waals surface area contributed by atoms with Crippen LogP contribution in [0.1, 0.15) is 11.4 Å². The zero-order valence-corrected chi connectivity index (χ0v) is 9.92. The maximum atomic E-state index is 5.17. The van der Waals surface area contributed by atoms with Crippen LogP contribution in [0.25, 0.3) is 5.69 Å². The second kappa shape index (κ2) is 5.51. The molecule has 0 aliphatic rings. The zero-order chi connectivity index (χ0) is 12.1. The SMILES string of the molecule is CNCc1nnnn1-c1ccccc1COC. The molecule has 6 heteroatoms. The van der Waals surface area contributed by atoms with Gasteiger partial charge < -0.3 is 10.1 Å². The van der Waals surface area contributed by atoms with Gasteiger partial charge in [0.2, 0.25) is 0 Å². The van der Waals surface area contributed by atoms with Crippen LogP contribution in [0.3, 0.4) is 0 Å². The predicted molar refractivity (Wildman–Crippen MR) is 62.6 cm³/mol. The monoisotopic (exact) mass is 233 g/mol. The quantitative estimate of drug-likeness (QED) is 0.816. The molecular weight excluding hydrogens is 218 g/mol. The molecule has 1 N–H and O–H groups in total. The highest BCUT2D eigenvalue weighted by Crippen LogP contribution is 2.15. The molecule has 0 saturated carbocycles. The van der Waals surface area contributed by atoms with E-state index in [0.29, 0.717) is 13.2 Å². The van der Waals surface area contributed by atoms with Gasteiger partial charge in [0.1, 0.15) is 0 Å². The molecular formula is C11H15N5O. The van der Waals surface area contributed by atoms with Crippen molar-refractivity contribution in [2.45, 2.75) is 13.2 Å². The van der Waals surface area contributed by atoms with Gasteiger partial charge in [0.15, 0.2) is 5.82 Å². The minimum atomic E-state index is 0.537. The van der Waals surface area contributed by atoms with Gasteiger partial charge in [-0.05, 0) is 23.5 Å². The Hall–Kier alpha value is -1.79. The number of hydrogen-bond donors (Lipinski definition) is 1. The van der Waals surface area contributed by atoms with E-state index < -0.39 is 0 Å². The van der Waals surface area contributed by atoms with Gasteiger partial charge in [0.05, 0.1) is 18.8 Å². The lowest BCUT2D eigenvalue weighted by molar-refractivity contribution is 0.184. The lowest BCUT2D eigenvalue weighted by Crippen LogP contribution is -2.13. The summed E-state index contributed by atoms with van der Waals surface area (Å²) in [5.41, 5.74) is 2.00. The van der Waals surface area contributed by atoms with Crippen LogP contribution in [0.2, 0.25) is 0 Å². The van der Waals surface area contributed by atoms with Crippen LogP contribution in [0.4, 0.5) is 0 Å². The standard InChI is InChI=1S/C11H15N5O/c1-12-7-11-13-14-15-16(11)10-6-4-3-5-9(10)8-17-2/h3-6,12H,7-8H2,1-2H3. The topological polar surface area (TPSA) is 64.9 Å². The van der Waals surface area contributed by atoms with Crippen molar-refractivity contribution >= 4 is 0 Å². The fourth-order valence-corrected chi connectivity index (χ4v) is 1.66. The van der Waals surface area contributed by atoms with Gasteiger partial charge in [-0.1, -0.05) is 18.2 Å². The second-order valence-corrected chi connectivity index (χ2v) is 3.60. The van der Waals surface area contributed by atoms with Gasteiger partial charge in [-0.25, -0.2) is 0 Å². The summed E-state index contributed by atoms with van der Waals surface area (Å²) in [5.74, 6) is 0.774. The van der Waals surface area contributed by atoms with Crippen LogP contribution in [0.5, 0.6) is 0 Å². The van der Waals surface area contributed by atoms with E-state index >= 15 is 0 Å². The summed E-state index contributed by atoms with van der Waals surface area (Å²) in [6.07, 6.45) is 0. The molecule has 1 aromatic carbocycles. The lowest BCUT2D eigenvalue weighted by Gasteiger charge is -2.09. The number of para-hydroxylation sites is 1. The van der Waals surface area contributed by atoms with Crippen LogP contribution >= 0.6 is 0 Å². The first-order valence-electron chi connectivity index (χ1n) is 5.36. The van der Waals surface area contributed by atoms with Crippen LogP contribution in [0.15, 0.2) is 24.3 Å². The molecule has 0 bridgehead atoms. The molecule has 2 aromatic rings. The van der Waals surface area contributed by atoms with Crippen molar-refractivity contribution < 1.29 is 4.74 Å². The van der Waals surface area contributed by atoms with Gasteiger partial charge in [-0.15, -0.1) is 5.10 Å². The number of aromatic nitrogens is 4. The molecule has 0 aliphatic heterocycles. The highest BCUT2D eigenvalue weighted by Gasteiger charge is 2.10. The Morgan fingerprint density at radius 1 is 1.35 bits per heavy atom. The zero-order valence-electron chi connectivity index (χ0n) is 9.92. The third-order valence-corrected chi connectivity index (χ3v) is 2.39. The number of nitrogens with one attached hydrogen (secondary N) is 1. The summed E-state index contributed by atoms with van der Waals surface area (Å²) in [6.45, 7) is 1.16. The molecule has 1 aromatic heterocycles. The molecule has 0 atom stereocenters. The van der Waals surface area contributed by atoms with E-state index in [4.69, 9.17) is 4.74 Å². The third-order valence-electron chi connectivity index (χ3n) is 2.39. The Bertz CT molecular complexity index is 482. The van der Waals surface area contributed by atoms with Crippen molar-refractivity contribution in [1.29, 1.82) is 0 Å². The molecule has 2 rings (SSSR count). The fourth-order valence-electron chi connectivity index (χ4n) is 1.66. The summed E-state index contributed by atoms with van der Waals surface area (Å²) in [7, 11) is 3.53. The summed E-state index contributed by atoms with van der Waals surface area (Å²) >= 11 is 0. The van der Waals surface area contributed by atoms with Crippen LogP contribution in [-0.2, 0) is 17.9 Å². The van der Waals surface area contributed by atoms with E-state index in [-0.39, 0.29) is 0 Å². The number of methoxy groups -OCH3 is 1. The van der Waals surface area contributed by atoms with Crippen LogP contribution in [-0.4, -0.2) is 34.4 Å². The van der Waals surface area contributed by atoms with Gasteiger partial charge in [-0.3, -0.25) is 0 Å². The molecule has 90 valence electrons. The van der Waals surface area contributed by atoms with Gasteiger partial charge >= 0.3 is 0 Å². The van der Waals surface area contributed by atoms with E-state index in [1.165, 1.54) is 0 Å². The Morgan fingerprint density at radius 3 is 2.94 bits per heavy atom. The minimum Gasteiger partial charge on any atom is -0.380 e. The maximum absolute atomic E-state index is 5.17. The Labute approximate surface area is 99.6 Å². The molecule has 0 unspecified atom stereocenters. The minimum absolute atomic E-state index is 0.537. The molecule has 6 nitrogen and oxygen atoms in total. The largest absolute Gasteiger partial charge is 0.380 e. The van der Waals surface area contributed by atoms with Crippen LogP contribution < -0.4 is 5.32 Å². The Kier molecular flexibility index (Phi) is 3.79. The third kappa shape index (κ3) is 2.48. The summed E-state index contributed by atoms with van der Waals surface area (Å²) in [4.78, 5) is 0. The van der Waals surface area contributed by atoms with Crippen molar-refractivity contribution in [3.05, 3.63) is 35.7 Å².